The van der Waals surface area contributed by atoms with Gasteiger partial charge in [-0.1, -0.05) is 42.5 Å². The molecule has 0 radical (unpaired) electrons. The van der Waals surface area contributed by atoms with Crippen LogP contribution in [0.15, 0.2) is 61.2 Å². The van der Waals surface area contributed by atoms with Crippen LogP contribution < -0.4 is 10.1 Å². The van der Waals surface area contributed by atoms with E-state index in [2.05, 4.69) is 16.8 Å². The second-order valence-electron chi connectivity index (χ2n) is 6.66. The van der Waals surface area contributed by atoms with Crippen molar-refractivity contribution in [3.05, 3.63) is 72.3 Å². The Morgan fingerprint density at radius 3 is 2.62 bits per heavy atom. The van der Waals surface area contributed by atoms with Gasteiger partial charge in [0.1, 0.15) is 18.1 Å². The van der Waals surface area contributed by atoms with E-state index in [1.807, 2.05) is 48.5 Å². The highest BCUT2D eigenvalue weighted by Gasteiger charge is 2.24. The van der Waals surface area contributed by atoms with Crippen molar-refractivity contribution in [2.45, 2.75) is 25.5 Å². The van der Waals surface area contributed by atoms with Crippen molar-refractivity contribution in [1.82, 2.24) is 10.2 Å². The Bertz CT molecular complexity index is 697. The van der Waals surface area contributed by atoms with Gasteiger partial charge in [-0.3, -0.25) is 4.90 Å². The molecule has 1 saturated heterocycles. The first-order valence-electron chi connectivity index (χ1n) is 9.33. The number of rotatable bonds is 8. The number of hydrogen-bond acceptors (Lipinski definition) is 4. The smallest absolute Gasteiger partial charge is 0.124 e. The Balaban J connectivity index is 1.71. The lowest BCUT2D eigenvalue weighted by Crippen LogP contribution is -2.45. The molecule has 0 unspecified atom stereocenters. The maximum atomic E-state index is 10.6. The minimum Gasteiger partial charge on any atom is -0.507 e. The van der Waals surface area contributed by atoms with Gasteiger partial charge < -0.3 is 15.2 Å². The Kier molecular flexibility index (Phi) is 6.69. The highest BCUT2D eigenvalue weighted by Crippen LogP contribution is 2.35. The molecule has 138 valence electrons. The van der Waals surface area contributed by atoms with Crippen molar-refractivity contribution < 1.29 is 9.84 Å². The third-order valence-corrected chi connectivity index (χ3v) is 4.85. The van der Waals surface area contributed by atoms with Crippen LogP contribution in [0.5, 0.6) is 11.5 Å². The van der Waals surface area contributed by atoms with Crippen molar-refractivity contribution in [3.8, 4) is 11.5 Å². The van der Waals surface area contributed by atoms with Crippen LogP contribution in [0.2, 0.25) is 0 Å². The van der Waals surface area contributed by atoms with E-state index in [1.54, 1.807) is 6.07 Å². The van der Waals surface area contributed by atoms with Crippen LogP contribution in [-0.4, -0.2) is 36.2 Å². The van der Waals surface area contributed by atoms with Crippen molar-refractivity contribution >= 4 is 0 Å². The lowest BCUT2D eigenvalue weighted by molar-refractivity contribution is 0.163. The summed E-state index contributed by atoms with van der Waals surface area (Å²) in [6.07, 6.45) is 3.84. The van der Waals surface area contributed by atoms with E-state index in [-0.39, 0.29) is 6.04 Å². The lowest BCUT2D eigenvalue weighted by Gasteiger charge is -2.35. The molecular weight excluding hydrogens is 324 g/mol. The second kappa shape index (κ2) is 9.41. The van der Waals surface area contributed by atoms with Gasteiger partial charge in [0.2, 0.25) is 0 Å². The maximum absolute atomic E-state index is 10.6. The summed E-state index contributed by atoms with van der Waals surface area (Å²) in [5.41, 5.74) is 2.08. The third kappa shape index (κ3) is 4.87. The highest BCUT2D eigenvalue weighted by atomic mass is 16.5. The fourth-order valence-electron chi connectivity index (χ4n) is 3.44. The molecule has 4 nitrogen and oxygen atoms in total. The molecule has 0 saturated carbocycles. The zero-order valence-electron chi connectivity index (χ0n) is 15.2. The van der Waals surface area contributed by atoms with Crippen LogP contribution in [0.3, 0.4) is 0 Å². The average molecular weight is 352 g/mol. The van der Waals surface area contributed by atoms with Gasteiger partial charge in [-0.05, 0) is 24.5 Å². The van der Waals surface area contributed by atoms with Crippen LogP contribution >= 0.6 is 0 Å². The predicted molar refractivity (Wildman–Crippen MR) is 105 cm³/mol. The van der Waals surface area contributed by atoms with Crippen LogP contribution in [-0.2, 0) is 6.61 Å². The molecule has 1 aliphatic heterocycles. The Morgan fingerprint density at radius 2 is 1.92 bits per heavy atom. The van der Waals surface area contributed by atoms with E-state index in [4.69, 9.17) is 4.74 Å². The van der Waals surface area contributed by atoms with E-state index in [1.165, 1.54) is 0 Å². The van der Waals surface area contributed by atoms with Gasteiger partial charge in [-0.25, -0.2) is 0 Å². The molecule has 4 heteroatoms. The number of ether oxygens (including phenoxy) is 1. The zero-order chi connectivity index (χ0) is 18.2. The van der Waals surface area contributed by atoms with Crippen molar-refractivity contribution in [1.29, 1.82) is 0 Å². The van der Waals surface area contributed by atoms with Crippen LogP contribution in [0, 0.1) is 0 Å². The number of aromatic hydroxyl groups is 1. The molecule has 0 aromatic heterocycles. The molecule has 2 aromatic rings. The minimum atomic E-state index is 0.207. The molecule has 1 heterocycles. The van der Waals surface area contributed by atoms with E-state index < -0.39 is 0 Å². The average Bonchev–Trinajstić information content (AvgIpc) is 2.69. The molecule has 1 aliphatic rings. The SMILES string of the molecule is C=CCC[C@@H](c1ccc(OCc2ccccc2)cc1O)N1CCNCC1. The molecule has 26 heavy (non-hydrogen) atoms. The number of piperazine rings is 1. The predicted octanol–water partition coefficient (Wildman–Crippen LogP) is 3.88. The van der Waals surface area contributed by atoms with Crippen molar-refractivity contribution in [3.63, 3.8) is 0 Å². The van der Waals surface area contributed by atoms with Crippen LogP contribution in [0.4, 0.5) is 0 Å². The number of hydrogen-bond donors (Lipinski definition) is 2. The lowest BCUT2D eigenvalue weighted by atomic mass is 9.98. The Morgan fingerprint density at radius 1 is 1.15 bits per heavy atom. The van der Waals surface area contributed by atoms with Gasteiger partial charge in [-0.2, -0.15) is 0 Å². The molecule has 0 bridgehead atoms. The first-order valence-corrected chi connectivity index (χ1v) is 9.33. The molecule has 0 aliphatic carbocycles. The Labute approximate surface area is 156 Å². The number of phenolic OH excluding ortho intramolecular Hbond substituents is 1. The van der Waals surface area contributed by atoms with E-state index in [0.717, 1.165) is 50.1 Å². The molecule has 2 N–H and O–H groups in total. The maximum Gasteiger partial charge on any atom is 0.124 e. The largest absolute Gasteiger partial charge is 0.507 e. The molecule has 2 aromatic carbocycles. The van der Waals surface area contributed by atoms with Gasteiger partial charge >= 0.3 is 0 Å². The second-order valence-corrected chi connectivity index (χ2v) is 6.66. The van der Waals surface area contributed by atoms with Crippen LogP contribution in [0.1, 0.15) is 30.0 Å². The van der Waals surface area contributed by atoms with E-state index >= 15 is 0 Å². The number of nitrogens with zero attached hydrogens (tertiary/aromatic N) is 1. The first kappa shape index (κ1) is 18.5. The molecule has 0 amide bonds. The van der Waals surface area contributed by atoms with Gasteiger partial charge in [0.05, 0.1) is 0 Å². The molecule has 0 spiro atoms. The summed E-state index contributed by atoms with van der Waals surface area (Å²) >= 11 is 0. The van der Waals surface area contributed by atoms with E-state index in [0.29, 0.717) is 18.1 Å². The van der Waals surface area contributed by atoms with Crippen molar-refractivity contribution in [2.24, 2.45) is 0 Å². The topological polar surface area (TPSA) is 44.7 Å². The number of phenols is 1. The zero-order valence-corrected chi connectivity index (χ0v) is 15.2. The first-order chi connectivity index (χ1) is 12.8. The Hall–Kier alpha value is -2.30. The number of nitrogens with one attached hydrogen (secondary N) is 1. The summed E-state index contributed by atoms with van der Waals surface area (Å²) in [5.74, 6) is 1.00. The summed E-state index contributed by atoms with van der Waals surface area (Å²) in [6, 6.07) is 16.0. The molecular formula is C22H28N2O2. The van der Waals surface area contributed by atoms with Gasteiger partial charge in [0, 0.05) is 43.9 Å². The summed E-state index contributed by atoms with van der Waals surface area (Å²) in [6.45, 7) is 8.31. The normalized spacial score (nSPS) is 16.2. The number of benzene rings is 2. The van der Waals surface area contributed by atoms with Crippen molar-refractivity contribution in [2.75, 3.05) is 26.2 Å². The minimum absolute atomic E-state index is 0.207. The summed E-state index contributed by atoms with van der Waals surface area (Å²) in [7, 11) is 0. The number of allylic oxidation sites excluding steroid dienone is 1. The standard InChI is InChI=1S/C22H28N2O2/c1-2-3-9-21(24-14-12-23-13-15-24)20-11-10-19(16-22(20)25)26-17-18-7-5-4-6-8-18/h2,4-8,10-11,16,21,23,25H,1,3,9,12-15,17H2/t21-/m0/s1. The van der Waals surface area contributed by atoms with Gasteiger partial charge in [-0.15, -0.1) is 6.58 Å². The van der Waals surface area contributed by atoms with Gasteiger partial charge in [0.15, 0.2) is 0 Å². The van der Waals surface area contributed by atoms with Crippen LogP contribution in [0.25, 0.3) is 0 Å². The quantitative estimate of drug-likeness (QED) is 0.708. The summed E-state index contributed by atoms with van der Waals surface area (Å²) in [5, 5.41) is 14.0. The molecule has 1 fully saturated rings. The third-order valence-electron chi connectivity index (χ3n) is 4.85. The molecule has 1 atom stereocenters. The summed E-state index contributed by atoms with van der Waals surface area (Å²) < 4.78 is 5.83. The van der Waals surface area contributed by atoms with E-state index in [9.17, 15) is 5.11 Å². The fraction of sp³-hybridized carbons (Fsp3) is 0.364. The monoisotopic (exact) mass is 352 g/mol. The molecule has 3 rings (SSSR count). The highest BCUT2D eigenvalue weighted by molar-refractivity contribution is 5.41. The van der Waals surface area contributed by atoms with Gasteiger partial charge in [0.25, 0.3) is 0 Å². The summed E-state index contributed by atoms with van der Waals surface area (Å²) in [4.78, 5) is 2.44. The fourth-order valence-corrected chi connectivity index (χ4v) is 3.44.